The second kappa shape index (κ2) is 13.3. The number of aromatic hydroxyl groups is 2. The average molecular weight is 534 g/mol. The molecule has 1 unspecified atom stereocenters. The van der Waals surface area contributed by atoms with Crippen LogP contribution < -0.4 is 5.43 Å². The van der Waals surface area contributed by atoms with Crippen molar-refractivity contribution in [3.63, 3.8) is 0 Å². The number of hydrogen-bond donors (Lipinski definition) is 4. The molecule has 0 bridgehead atoms. The first-order valence-corrected chi connectivity index (χ1v) is 10.2. The maximum Gasteiger partial charge on any atom is 0.160 e. The van der Waals surface area contributed by atoms with Crippen molar-refractivity contribution in [3.05, 3.63) is 41.5 Å². The van der Waals surface area contributed by atoms with Crippen LogP contribution in [-0.4, -0.2) is 44.3 Å². The van der Waals surface area contributed by atoms with Crippen LogP contribution in [0, 0.1) is 0 Å². The molecule has 2 aromatic rings. The van der Waals surface area contributed by atoms with Crippen LogP contribution in [0.4, 0.5) is 0 Å². The lowest BCUT2D eigenvalue weighted by Gasteiger charge is -2.36. The molecule has 0 saturated carbocycles. The molecule has 0 fully saturated rings. The predicted octanol–water partition coefficient (Wildman–Crippen LogP) is 4.46. The van der Waals surface area contributed by atoms with Gasteiger partial charge in [-0.3, -0.25) is 5.43 Å². The zero-order valence-electron chi connectivity index (χ0n) is 17.1. The van der Waals surface area contributed by atoms with Crippen LogP contribution in [0.2, 0.25) is 0 Å². The number of fused-ring (bicyclic) bond motifs is 1. The van der Waals surface area contributed by atoms with Crippen LogP contribution in [0.15, 0.2) is 24.7 Å². The minimum absolute atomic E-state index is 0. The van der Waals surface area contributed by atoms with Crippen molar-refractivity contribution >= 4 is 34.0 Å². The van der Waals surface area contributed by atoms with E-state index in [0.717, 1.165) is 55.6 Å². The molecule has 1 aromatic carbocycles. The number of phenolic OH excluding ortho intramolecular Hbond substituents is 2. The number of aromatic amines is 1. The van der Waals surface area contributed by atoms with Gasteiger partial charge in [-0.2, -0.15) is 0 Å². The first-order chi connectivity index (χ1) is 13.2. The first kappa shape index (κ1) is 25.9. The van der Waals surface area contributed by atoms with E-state index in [0.29, 0.717) is 6.04 Å². The Morgan fingerprint density at radius 1 is 1.21 bits per heavy atom. The summed E-state index contributed by atoms with van der Waals surface area (Å²) in [5.74, 6) is 0.0488. The van der Waals surface area contributed by atoms with E-state index in [1.54, 1.807) is 12.4 Å². The van der Waals surface area contributed by atoms with Crippen molar-refractivity contribution in [2.75, 3.05) is 13.1 Å². The Bertz CT molecular complexity index is 713. The molecule has 0 amide bonds. The van der Waals surface area contributed by atoms with E-state index < -0.39 is 0 Å². The Kier molecular flexibility index (Phi) is 11.9. The number of nitrogens with zero attached hydrogens (tertiary/aromatic N) is 2. The Labute approximate surface area is 194 Å². The van der Waals surface area contributed by atoms with E-state index >= 15 is 0 Å². The molecule has 6 nitrogen and oxygen atoms in total. The molecule has 3 rings (SSSR count). The van der Waals surface area contributed by atoms with Crippen LogP contribution in [0.1, 0.15) is 55.8 Å². The van der Waals surface area contributed by atoms with Gasteiger partial charge in [0.2, 0.25) is 0 Å². The molecule has 0 aliphatic heterocycles. The van der Waals surface area contributed by atoms with Gasteiger partial charge in [-0.05, 0) is 37.3 Å². The van der Waals surface area contributed by atoms with Gasteiger partial charge in [0, 0.05) is 37.3 Å². The highest BCUT2D eigenvalue weighted by atomic mass is 79.9. The lowest BCUT2D eigenvalue weighted by molar-refractivity contribution is 0.109. The van der Waals surface area contributed by atoms with Crippen molar-refractivity contribution in [1.82, 2.24) is 20.4 Å². The van der Waals surface area contributed by atoms with Crippen molar-refractivity contribution < 1.29 is 10.2 Å². The van der Waals surface area contributed by atoms with Gasteiger partial charge in [-0.15, -0.1) is 34.0 Å². The van der Waals surface area contributed by atoms with Crippen LogP contribution in [0.25, 0.3) is 0 Å². The third kappa shape index (κ3) is 7.27. The van der Waals surface area contributed by atoms with Gasteiger partial charge in [-0.25, -0.2) is 9.99 Å². The molecule has 1 aliphatic rings. The third-order valence-electron chi connectivity index (χ3n) is 5.49. The number of imidazole rings is 1. The van der Waals surface area contributed by atoms with Crippen LogP contribution in [-0.2, 0) is 19.3 Å². The van der Waals surface area contributed by atoms with Gasteiger partial charge in [0.1, 0.15) is 0 Å². The van der Waals surface area contributed by atoms with Crippen LogP contribution in [0.3, 0.4) is 0 Å². The highest BCUT2D eigenvalue weighted by Gasteiger charge is 2.26. The van der Waals surface area contributed by atoms with Gasteiger partial charge >= 0.3 is 0 Å². The summed E-state index contributed by atoms with van der Waals surface area (Å²) in [5, 5.41) is 22.3. The molecule has 1 aliphatic carbocycles. The number of aromatic nitrogens is 2. The molecule has 4 N–H and O–H groups in total. The summed E-state index contributed by atoms with van der Waals surface area (Å²) in [7, 11) is 0. The fourth-order valence-corrected chi connectivity index (χ4v) is 3.92. The number of halogens is 2. The number of nitrogens with one attached hydrogen (secondary N) is 2. The summed E-state index contributed by atoms with van der Waals surface area (Å²) < 4.78 is 0. The predicted molar refractivity (Wildman–Crippen MR) is 127 cm³/mol. The Morgan fingerprint density at radius 2 is 2.03 bits per heavy atom. The average Bonchev–Trinajstić information content (AvgIpc) is 3.20. The minimum atomic E-state index is -0.0132. The summed E-state index contributed by atoms with van der Waals surface area (Å²) in [6, 6.07) is 3.96. The van der Waals surface area contributed by atoms with Crippen molar-refractivity contribution in [3.8, 4) is 11.5 Å². The number of hydrogen-bond acceptors (Lipinski definition) is 5. The smallest absolute Gasteiger partial charge is 0.160 e. The van der Waals surface area contributed by atoms with Crippen molar-refractivity contribution in [2.45, 2.75) is 64.3 Å². The van der Waals surface area contributed by atoms with Crippen LogP contribution in [0.5, 0.6) is 11.5 Å². The van der Waals surface area contributed by atoms with Crippen LogP contribution >= 0.6 is 34.0 Å². The topological polar surface area (TPSA) is 84.4 Å². The number of H-pyrrole nitrogens is 1. The molecular weight excluding hydrogens is 500 g/mol. The SMILES string of the molecule is Br.Br.CCCCCCN(NCCc1c[nH]cn1)C1CCc2c(ccc(O)c2O)C1. The zero-order chi connectivity index (χ0) is 19.1. The quantitative estimate of drug-likeness (QED) is 0.206. The molecule has 1 aromatic heterocycles. The molecule has 0 radical (unpaired) electrons. The van der Waals surface area contributed by atoms with E-state index in [2.05, 4.69) is 27.3 Å². The summed E-state index contributed by atoms with van der Waals surface area (Å²) >= 11 is 0. The summed E-state index contributed by atoms with van der Waals surface area (Å²) in [4.78, 5) is 7.30. The fraction of sp³-hybridized carbons (Fsp3) is 0.571. The second-order valence-electron chi connectivity index (χ2n) is 7.44. The molecule has 1 heterocycles. The Morgan fingerprint density at radius 3 is 2.76 bits per heavy atom. The van der Waals surface area contributed by atoms with Gasteiger partial charge in [0.15, 0.2) is 11.5 Å². The maximum atomic E-state index is 10.1. The number of phenols is 2. The van der Waals surface area contributed by atoms with Crippen molar-refractivity contribution in [2.24, 2.45) is 0 Å². The third-order valence-corrected chi connectivity index (χ3v) is 5.49. The number of rotatable bonds is 10. The molecule has 8 heteroatoms. The van der Waals surface area contributed by atoms with Gasteiger partial charge in [0.05, 0.1) is 12.0 Å². The molecule has 1 atom stereocenters. The molecular formula is C21H34Br2N4O2. The fourth-order valence-electron chi connectivity index (χ4n) is 3.92. The Balaban J connectivity index is 0.00000210. The lowest BCUT2D eigenvalue weighted by atomic mass is 9.87. The lowest BCUT2D eigenvalue weighted by Crippen LogP contribution is -2.49. The van der Waals surface area contributed by atoms with Gasteiger partial charge < -0.3 is 15.2 Å². The second-order valence-corrected chi connectivity index (χ2v) is 7.44. The number of unbranched alkanes of at least 4 members (excludes halogenated alkanes) is 3. The monoisotopic (exact) mass is 532 g/mol. The molecule has 29 heavy (non-hydrogen) atoms. The van der Waals surface area contributed by atoms with E-state index in [1.807, 2.05) is 12.3 Å². The molecule has 0 saturated heterocycles. The normalized spacial score (nSPS) is 15.4. The van der Waals surface area contributed by atoms with E-state index in [4.69, 9.17) is 0 Å². The molecule has 164 valence electrons. The van der Waals surface area contributed by atoms with Gasteiger partial charge in [-0.1, -0.05) is 32.3 Å². The maximum absolute atomic E-state index is 10.1. The summed E-state index contributed by atoms with van der Waals surface area (Å²) in [5.41, 5.74) is 6.76. The minimum Gasteiger partial charge on any atom is -0.504 e. The highest BCUT2D eigenvalue weighted by Crippen LogP contribution is 2.36. The van der Waals surface area contributed by atoms with Crippen molar-refractivity contribution in [1.29, 1.82) is 0 Å². The summed E-state index contributed by atoms with van der Waals surface area (Å²) in [6.07, 6.45) is 12.2. The largest absolute Gasteiger partial charge is 0.504 e. The first-order valence-electron chi connectivity index (χ1n) is 10.2. The van der Waals surface area contributed by atoms with E-state index in [1.165, 1.54) is 25.7 Å². The van der Waals surface area contributed by atoms with E-state index in [9.17, 15) is 10.2 Å². The molecule has 0 spiro atoms. The van der Waals surface area contributed by atoms with E-state index in [-0.39, 0.29) is 45.5 Å². The standard InChI is InChI=1S/C21H32N4O2.2BrH/c1-2-3-4-5-12-25(24-11-10-17-14-22-15-23-17)18-7-8-19-16(13-18)6-9-20(26)21(19)27;;/h6,9,14-15,18,24,26-27H,2-5,7-8,10-13H2,1H3,(H,22,23);2*1H. The highest BCUT2D eigenvalue weighted by molar-refractivity contribution is 8.93. The van der Waals surface area contributed by atoms with Gasteiger partial charge in [0.25, 0.3) is 0 Å². The number of benzene rings is 1. The summed E-state index contributed by atoms with van der Waals surface area (Å²) in [6.45, 7) is 4.13. The Hall–Kier alpha value is -1.09. The number of hydrazine groups is 1. The zero-order valence-corrected chi connectivity index (χ0v) is 20.5.